The van der Waals surface area contributed by atoms with Crippen LogP contribution in [0.15, 0.2) is 30.3 Å². The van der Waals surface area contributed by atoms with Crippen LogP contribution >= 0.6 is 0 Å². The predicted octanol–water partition coefficient (Wildman–Crippen LogP) is 3.34. The number of hydrogen-bond acceptors (Lipinski definition) is 2. The molecule has 108 valence electrons. The minimum absolute atomic E-state index is 0.256. The van der Waals surface area contributed by atoms with Crippen LogP contribution in [-0.4, -0.2) is 22.2 Å². The van der Waals surface area contributed by atoms with Crippen molar-refractivity contribution >= 4 is 11.9 Å². The zero-order valence-electron chi connectivity index (χ0n) is 10.9. The number of carboxylic acids is 2. The summed E-state index contributed by atoms with van der Waals surface area (Å²) in [5, 5.41) is 18.4. The summed E-state index contributed by atoms with van der Waals surface area (Å²) in [6.07, 6.45) is 0. The molecule has 0 radical (unpaired) electrons. The Kier molecular flexibility index (Phi) is 3.71. The van der Waals surface area contributed by atoms with E-state index in [0.29, 0.717) is 0 Å². The first kappa shape index (κ1) is 14.6. The number of hydrogen-bond donors (Lipinski definition) is 2. The molecule has 0 saturated carbocycles. The average molecular weight is 292 g/mol. The van der Waals surface area contributed by atoms with Crippen LogP contribution in [0.2, 0.25) is 0 Å². The molecule has 0 bridgehead atoms. The van der Waals surface area contributed by atoms with Crippen LogP contribution in [0.1, 0.15) is 26.3 Å². The minimum Gasteiger partial charge on any atom is -0.478 e. The van der Waals surface area contributed by atoms with E-state index in [0.717, 1.165) is 12.1 Å². The van der Waals surface area contributed by atoms with Gasteiger partial charge in [-0.25, -0.2) is 18.4 Å². The summed E-state index contributed by atoms with van der Waals surface area (Å²) in [5.74, 6) is -5.29. The molecule has 2 aromatic carbocycles. The van der Waals surface area contributed by atoms with Gasteiger partial charge < -0.3 is 10.2 Å². The fourth-order valence-electron chi connectivity index (χ4n) is 2.14. The summed E-state index contributed by atoms with van der Waals surface area (Å²) in [6, 6.07) is 5.69. The summed E-state index contributed by atoms with van der Waals surface area (Å²) in [6.45, 7) is 1.45. The maximum atomic E-state index is 13.9. The number of carbonyl (C=O) groups is 2. The van der Waals surface area contributed by atoms with Gasteiger partial charge in [0.2, 0.25) is 0 Å². The van der Waals surface area contributed by atoms with E-state index >= 15 is 0 Å². The number of aryl methyl sites for hydroxylation is 1. The third-order valence-corrected chi connectivity index (χ3v) is 3.08. The molecule has 2 N–H and O–H groups in total. The van der Waals surface area contributed by atoms with Crippen LogP contribution in [0.25, 0.3) is 11.1 Å². The van der Waals surface area contributed by atoms with Crippen molar-refractivity contribution in [2.24, 2.45) is 0 Å². The van der Waals surface area contributed by atoms with Crippen LogP contribution in [0.4, 0.5) is 8.78 Å². The molecule has 0 aliphatic heterocycles. The lowest BCUT2D eigenvalue weighted by molar-refractivity contribution is 0.0695. The molecule has 0 aliphatic carbocycles. The van der Waals surface area contributed by atoms with Gasteiger partial charge in [0, 0.05) is 11.1 Å². The number of aromatic carboxylic acids is 2. The Bertz CT molecular complexity index is 754. The van der Waals surface area contributed by atoms with Crippen molar-refractivity contribution < 1.29 is 28.6 Å². The molecule has 0 saturated heterocycles. The first-order valence-electron chi connectivity index (χ1n) is 5.89. The second-order valence-electron chi connectivity index (χ2n) is 4.39. The van der Waals surface area contributed by atoms with E-state index in [-0.39, 0.29) is 16.7 Å². The van der Waals surface area contributed by atoms with Gasteiger partial charge in [-0.1, -0.05) is 18.2 Å². The molecular formula is C15H10F2O4. The van der Waals surface area contributed by atoms with Gasteiger partial charge in [-0.2, -0.15) is 0 Å². The van der Waals surface area contributed by atoms with Crippen molar-refractivity contribution in [3.8, 4) is 11.1 Å². The highest BCUT2D eigenvalue weighted by Crippen LogP contribution is 2.33. The lowest BCUT2D eigenvalue weighted by Gasteiger charge is -2.13. The topological polar surface area (TPSA) is 74.6 Å². The first-order chi connectivity index (χ1) is 9.84. The Morgan fingerprint density at radius 3 is 2.24 bits per heavy atom. The third kappa shape index (κ3) is 2.47. The summed E-state index contributed by atoms with van der Waals surface area (Å²) in [5.41, 5.74) is -1.24. The Balaban J connectivity index is 2.94. The number of carboxylic acid groups (broad SMARTS) is 2. The molecule has 0 atom stereocenters. The minimum atomic E-state index is -1.42. The van der Waals surface area contributed by atoms with Crippen LogP contribution in [0, 0.1) is 18.6 Å². The van der Waals surface area contributed by atoms with E-state index in [2.05, 4.69) is 0 Å². The fraction of sp³-hybridized carbons (Fsp3) is 0.0667. The van der Waals surface area contributed by atoms with Gasteiger partial charge in [0.1, 0.15) is 0 Å². The van der Waals surface area contributed by atoms with Crippen molar-refractivity contribution in [3.63, 3.8) is 0 Å². The maximum absolute atomic E-state index is 13.9. The number of halogens is 2. The molecule has 0 unspecified atom stereocenters. The molecule has 2 aromatic rings. The average Bonchev–Trinajstić information content (AvgIpc) is 2.40. The van der Waals surface area contributed by atoms with E-state index in [1.54, 1.807) is 0 Å². The molecule has 0 aliphatic rings. The van der Waals surface area contributed by atoms with E-state index in [1.165, 1.54) is 25.1 Å². The SMILES string of the molecule is Cc1ccc(C(=O)O)c(-c2cccc(F)c2F)c1C(=O)O. The Morgan fingerprint density at radius 2 is 1.67 bits per heavy atom. The van der Waals surface area contributed by atoms with Gasteiger partial charge in [-0.05, 0) is 24.6 Å². The van der Waals surface area contributed by atoms with Crippen molar-refractivity contribution in [3.05, 3.63) is 58.7 Å². The smallest absolute Gasteiger partial charge is 0.336 e. The van der Waals surface area contributed by atoms with E-state index in [1.807, 2.05) is 0 Å². The monoisotopic (exact) mass is 292 g/mol. The first-order valence-corrected chi connectivity index (χ1v) is 5.89. The quantitative estimate of drug-likeness (QED) is 0.909. The molecule has 4 nitrogen and oxygen atoms in total. The molecule has 0 spiro atoms. The van der Waals surface area contributed by atoms with Crippen molar-refractivity contribution in [1.29, 1.82) is 0 Å². The van der Waals surface area contributed by atoms with Crippen molar-refractivity contribution in [2.45, 2.75) is 6.92 Å². The second-order valence-corrected chi connectivity index (χ2v) is 4.39. The molecular weight excluding hydrogens is 282 g/mol. The summed E-state index contributed by atoms with van der Waals surface area (Å²) in [7, 11) is 0. The standard InChI is InChI=1S/C15H10F2O4/c1-7-5-6-9(14(18)19)12(11(7)15(20)21)8-3-2-4-10(16)13(8)17/h2-6H,1H3,(H,18,19)(H,20,21). The fourth-order valence-corrected chi connectivity index (χ4v) is 2.14. The highest BCUT2D eigenvalue weighted by molar-refractivity contribution is 6.05. The number of benzene rings is 2. The van der Waals surface area contributed by atoms with Gasteiger partial charge in [-0.3, -0.25) is 0 Å². The Labute approximate surface area is 118 Å². The molecule has 0 amide bonds. The lowest BCUT2D eigenvalue weighted by Crippen LogP contribution is -2.10. The van der Waals surface area contributed by atoms with Crippen LogP contribution in [0.3, 0.4) is 0 Å². The molecule has 0 aromatic heterocycles. The molecule has 0 heterocycles. The van der Waals surface area contributed by atoms with Crippen LogP contribution in [-0.2, 0) is 0 Å². The Morgan fingerprint density at radius 1 is 1.00 bits per heavy atom. The van der Waals surface area contributed by atoms with Crippen molar-refractivity contribution in [1.82, 2.24) is 0 Å². The van der Waals surface area contributed by atoms with Gasteiger partial charge in [0.25, 0.3) is 0 Å². The van der Waals surface area contributed by atoms with Gasteiger partial charge in [0.05, 0.1) is 11.1 Å². The molecule has 0 fully saturated rings. The molecule has 21 heavy (non-hydrogen) atoms. The van der Waals surface area contributed by atoms with Gasteiger partial charge in [0.15, 0.2) is 11.6 Å². The lowest BCUT2D eigenvalue weighted by atomic mass is 9.91. The summed E-state index contributed by atoms with van der Waals surface area (Å²) in [4.78, 5) is 22.6. The van der Waals surface area contributed by atoms with Crippen LogP contribution < -0.4 is 0 Å². The second kappa shape index (κ2) is 5.32. The molecule has 2 rings (SSSR count). The zero-order valence-corrected chi connectivity index (χ0v) is 10.9. The van der Waals surface area contributed by atoms with Gasteiger partial charge in [-0.15, -0.1) is 0 Å². The Hall–Kier alpha value is -2.76. The molecule has 6 heteroatoms. The largest absolute Gasteiger partial charge is 0.478 e. The third-order valence-electron chi connectivity index (χ3n) is 3.08. The summed E-state index contributed by atoms with van der Waals surface area (Å²) < 4.78 is 27.3. The van der Waals surface area contributed by atoms with E-state index in [4.69, 9.17) is 0 Å². The normalized spacial score (nSPS) is 10.4. The van der Waals surface area contributed by atoms with E-state index < -0.39 is 34.7 Å². The predicted molar refractivity (Wildman–Crippen MR) is 70.4 cm³/mol. The highest BCUT2D eigenvalue weighted by atomic mass is 19.2. The summed E-state index contributed by atoms with van der Waals surface area (Å²) >= 11 is 0. The van der Waals surface area contributed by atoms with Crippen LogP contribution in [0.5, 0.6) is 0 Å². The van der Waals surface area contributed by atoms with Crippen molar-refractivity contribution in [2.75, 3.05) is 0 Å². The zero-order chi connectivity index (χ0) is 15.7. The van der Waals surface area contributed by atoms with Gasteiger partial charge >= 0.3 is 11.9 Å². The highest BCUT2D eigenvalue weighted by Gasteiger charge is 2.24. The number of rotatable bonds is 3. The maximum Gasteiger partial charge on any atom is 0.336 e. The van der Waals surface area contributed by atoms with E-state index in [9.17, 15) is 28.6 Å².